The number of carbonyl (C=O) groups is 1. The van der Waals surface area contributed by atoms with Gasteiger partial charge in [-0.2, -0.15) is 0 Å². The Morgan fingerprint density at radius 3 is 2.43 bits per heavy atom. The van der Waals surface area contributed by atoms with Crippen LogP contribution in [0.2, 0.25) is 0 Å². The lowest BCUT2D eigenvalue weighted by molar-refractivity contribution is -0.120. The van der Waals surface area contributed by atoms with Crippen molar-refractivity contribution in [3.8, 4) is 11.8 Å². The fourth-order valence-electron chi connectivity index (χ4n) is 1.49. The summed E-state index contributed by atoms with van der Waals surface area (Å²) in [5, 5.41) is 2.60. The Morgan fingerprint density at radius 1 is 1.29 bits per heavy atom. The van der Waals surface area contributed by atoms with E-state index in [-0.39, 0.29) is 29.9 Å². The number of hydrogen-bond donors (Lipinski definition) is 3. The molecule has 0 radical (unpaired) electrons. The lowest BCUT2D eigenvalue weighted by Crippen LogP contribution is -2.39. The first-order valence-corrected chi connectivity index (χ1v) is 7.91. The lowest BCUT2D eigenvalue weighted by Gasteiger charge is -2.09. The van der Waals surface area contributed by atoms with Gasteiger partial charge in [0.15, 0.2) is 0 Å². The van der Waals surface area contributed by atoms with Crippen molar-refractivity contribution in [3.63, 3.8) is 0 Å². The van der Waals surface area contributed by atoms with Crippen LogP contribution in [-0.4, -0.2) is 33.5 Å². The molecule has 0 saturated heterocycles. The number of carbonyl (C=O) groups excluding carboxylic acids is 1. The van der Waals surface area contributed by atoms with E-state index in [1.165, 1.54) is 12.1 Å². The Bertz CT molecular complexity index is 640. The van der Waals surface area contributed by atoms with Gasteiger partial charge in [-0.05, 0) is 38.1 Å². The second kappa shape index (κ2) is 7.78. The molecule has 21 heavy (non-hydrogen) atoms. The Morgan fingerprint density at radius 2 is 1.90 bits per heavy atom. The normalized spacial score (nSPS) is 10.9. The number of nitrogens with two attached hydrogens (primary N) is 1. The summed E-state index contributed by atoms with van der Waals surface area (Å²) in [5.74, 6) is 5.11. The molecule has 1 aromatic carbocycles. The van der Waals surface area contributed by atoms with Crippen LogP contribution in [0, 0.1) is 11.8 Å². The van der Waals surface area contributed by atoms with E-state index < -0.39 is 10.0 Å². The molecule has 0 unspecified atom stereocenters. The zero-order valence-corrected chi connectivity index (χ0v) is 12.8. The van der Waals surface area contributed by atoms with Crippen LogP contribution < -0.4 is 15.8 Å². The summed E-state index contributed by atoms with van der Waals surface area (Å²) in [6.07, 6.45) is 0. The molecule has 0 aliphatic carbocycles. The van der Waals surface area contributed by atoms with Gasteiger partial charge in [0.25, 0.3) is 0 Å². The third kappa shape index (κ3) is 5.95. The van der Waals surface area contributed by atoms with Gasteiger partial charge in [-0.1, -0.05) is 11.8 Å². The molecule has 0 atom stereocenters. The summed E-state index contributed by atoms with van der Waals surface area (Å²) in [6.45, 7) is 3.54. The van der Waals surface area contributed by atoms with Gasteiger partial charge in [-0.3, -0.25) is 4.79 Å². The Balaban J connectivity index is 2.72. The number of rotatable bonds is 5. The van der Waals surface area contributed by atoms with E-state index >= 15 is 0 Å². The SMILES string of the molecule is CC(C)NC(=O)CNS(=O)(=O)c1ccc(C#CCN)cc1. The van der Waals surface area contributed by atoms with Gasteiger partial charge in [0.05, 0.1) is 18.0 Å². The van der Waals surface area contributed by atoms with Crippen LogP contribution in [0.25, 0.3) is 0 Å². The second-order valence-corrected chi connectivity index (χ2v) is 6.34. The molecule has 6 nitrogen and oxygen atoms in total. The van der Waals surface area contributed by atoms with Crippen LogP contribution >= 0.6 is 0 Å². The Labute approximate surface area is 125 Å². The van der Waals surface area contributed by atoms with Gasteiger partial charge in [-0.15, -0.1) is 0 Å². The highest BCUT2D eigenvalue weighted by Gasteiger charge is 2.15. The van der Waals surface area contributed by atoms with Crippen LogP contribution in [0.3, 0.4) is 0 Å². The van der Waals surface area contributed by atoms with Crippen molar-refractivity contribution in [2.45, 2.75) is 24.8 Å². The number of hydrogen-bond acceptors (Lipinski definition) is 4. The standard InChI is InChI=1S/C14H19N3O3S/c1-11(2)17-14(18)10-16-21(19,20)13-7-5-12(6-8-13)4-3-9-15/h5-8,11,16H,9-10,15H2,1-2H3,(H,17,18). The van der Waals surface area contributed by atoms with Gasteiger partial charge in [0.1, 0.15) is 0 Å². The van der Waals surface area contributed by atoms with E-state index in [1.54, 1.807) is 26.0 Å². The molecular formula is C14H19N3O3S. The highest BCUT2D eigenvalue weighted by atomic mass is 32.2. The van der Waals surface area contributed by atoms with Crippen LogP contribution in [0.4, 0.5) is 0 Å². The predicted molar refractivity (Wildman–Crippen MR) is 80.8 cm³/mol. The number of sulfonamides is 1. The van der Waals surface area contributed by atoms with Gasteiger partial charge in [0.2, 0.25) is 15.9 Å². The maximum absolute atomic E-state index is 12.0. The van der Waals surface area contributed by atoms with Crippen LogP contribution in [-0.2, 0) is 14.8 Å². The topological polar surface area (TPSA) is 101 Å². The van der Waals surface area contributed by atoms with Crippen molar-refractivity contribution in [3.05, 3.63) is 29.8 Å². The zero-order chi connectivity index (χ0) is 15.9. The minimum Gasteiger partial charge on any atom is -0.353 e. The van der Waals surface area contributed by atoms with E-state index in [2.05, 4.69) is 21.9 Å². The van der Waals surface area contributed by atoms with Crippen LogP contribution in [0.5, 0.6) is 0 Å². The van der Waals surface area contributed by atoms with Crippen LogP contribution in [0.1, 0.15) is 19.4 Å². The quantitative estimate of drug-likeness (QED) is 0.656. The van der Waals surface area contributed by atoms with Crippen molar-refractivity contribution >= 4 is 15.9 Å². The van der Waals surface area contributed by atoms with E-state index in [4.69, 9.17) is 5.73 Å². The third-order valence-electron chi connectivity index (χ3n) is 2.37. The molecule has 0 fully saturated rings. The van der Waals surface area contributed by atoms with Crippen molar-refractivity contribution < 1.29 is 13.2 Å². The van der Waals surface area contributed by atoms with Gasteiger partial charge >= 0.3 is 0 Å². The molecule has 1 aromatic rings. The largest absolute Gasteiger partial charge is 0.353 e. The highest BCUT2D eigenvalue weighted by molar-refractivity contribution is 7.89. The number of nitrogens with one attached hydrogen (secondary N) is 2. The van der Waals surface area contributed by atoms with E-state index in [0.29, 0.717) is 5.56 Å². The predicted octanol–water partition coefficient (Wildman–Crippen LogP) is -0.200. The molecule has 7 heteroatoms. The molecule has 0 aromatic heterocycles. The molecule has 0 spiro atoms. The lowest BCUT2D eigenvalue weighted by atomic mass is 10.2. The van der Waals surface area contributed by atoms with Crippen molar-refractivity contribution in [2.24, 2.45) is 5.73 Å². The van der Waals surface area contributed by atoms with E-state index in [0.717, 1.165) is 0 Å². The molecule has 0 aliphatic heterocycles. The molecule has 114 valence electrons. The van der Waals surface area contributed by atoms with Crippen molar-refractivity contribution in [1.82, 2.24) is 10.0 Å². The van der Waals surface area contributed by atoms with Crippen molar-refractivity contribution in [1.29, 1.82) is 0 Å². The zero-order valence-electron chi connectivity index (χ0n) is 12.0. The first kappa shape index (κ1) is 17.2. The van der Waals surface area contributed by atoms with E-state index in [9.17, 15) is 13.2 Å². The minimum absolute atomic E-state index is 0.0394. The Kier molecular flexibility index (Phi) is 6.37. The first-order chi connectivity index (χ1) is 9.85. The van der Waals surface area contributed by atoms with Gasteiger partial charge in [0, 0.05) is 11.6 Å². The summed E-state index contributed by atoms with van der Waals surface area (Å²) in [6, 6.07) is 6.01. The maximum atomic E-state index is 12.0. The summed E-state index contributed by atoms with van der Waals surface area (Å²) in [5.41, 5.74) is 5.94. The Hall–Kier alpha value is -1.88. The van der Waals surface area contributed by atoms with Gasteiger partial charge < -0.3 is 11.1 Å². The number of amides is 1. The molecule has 4 N–H and O–H groups in total. The molecule has 0 bridgehead atoms. The average molecular weight is 309 g/mol. The third-order valence-corrected chi connectivity index (χ3v) is 3.79. The van der Waals surface area contributed by atoms with Gasteiger partial charge in [-0.25, -0.2) is 13.1 Å². The molecule has 0 heterocycles. The highest BCUT2D eigenvalue weighted by Crippen LogP contribution is 2.09. The summed E-state index contributed by atoms with van der Waals surface area (Å²) in [4.78, 5) is 11.5. The molecule has 0 aliphatic rings. The molecule has 1 amide bonds. The summed E-state index contributed by atoms with van der Waals surface area (Å²) in [7, 11) is -3.71. The maximum Gasteiger partial charge on any atom is 0.241 e. The first-order valence-electron chi connectivity index (χ1n) is 6.43. The molecular weight excluding hydrogens is 290 g/mol. The second-order valence-electron chi connectivity index (χ2n) is 4.58. The fraction of sp³-hybridized carbons (Fsp3) is 0.357. The smallest absolute Gasteiger partial charge is 0.241 e. The van der Waals surface area contributed by atoms with Crippen LogP contribution in [0.15, 0.2) is 29.2 Å². The number of benzene rings is 1. The van der Waals surface area contributed by atoms with Crippen molar-refractivity contribution in [2.75, 3.05) is 13.1 Å². The fourth-order valence-corrected chi connectivity index (χ4v) is 2.47. The summed E-state index contributed by atoms with van der Waals surface area (Å²) >= 11 is 0. The minimum atomic E-state index is -3.71. The average Bonchev–Trinajstić information content (AvgIpc) is 2.43. The monoisotopic (exact) mass is 309 g/mol. The van der Waals surface area contributed by atoms with E-state index in [1.807, 2.05) is 0 Å². The molecule has 1 rings (SSSR count). The molecule has 0 saturated carbocycles. The summed E-state index contributed by atoms with van der Waals surface area (Å²) < 4.78 is 26.2.